The topological polar surface area (TPSA) is 24.4 Å². The number of nitrogens with one attached hydrogen (secondary N) is 1. The fourth-order valence-corrected chi connectivity index (χ4v) is 0.366. The first kappa shape index (κ1) is 5.03. The van der Waals surface area contributed by atoms with Gasteiger partial charge in [0.15, 0.2) is 0 Å². The first-order valence-electron chi connectivity index (χ1n) is 2.20. The first-order valence-corrected chi connectivity index (χ1v) is 2.20. The molecular formula is C5H5FN2. The molecule has 0 spiro atoms. The molecule has 0 aromatic rings. The molecule has 0 aliphatic carbocycles. The highest BCUT2D eigenvalue weighted by molar-refractivity contribution is 5.71. The molecule has 0 saturated carbocycles. The Bertz CT molecular complexity index is 158. The normalized spacial score (nSPS) is 16.9. The molecule has 0 saturated heterocycles. The van der Waals surface area contributed by atoms with E-state index in [1.807, 2.05) is 0 Å². The zero-order valence-corrected chi connectivity index (χ0v) is 4.13. The summed E-state index contributed by atoms with van der Waals surface area (Å²) >= 11 is 0. The van der Waals surface area contributed by atoms with Crippen molar-refractivity contribution in [3.8, 4) is 0 Å². The molecule has 1 aliphatic heterocycles. The Kier molecular flexibility index (Phi) is 1.42. The molecule has 1 aliphatic rings. The molecule has 0 amide bonds. The van der Waals surface area contributed by atoms with Crippen LogP contribution in [0, 0.1) is 0 Å². The number of allylic oxidation sites excluding steroid dienone is 1. The van der Waals surface area contributed by atoms with Gasteiger partial charge in [-0.3, -0.25) is 4.99 Å². The number of rotatable bonds is 0. The Hall–Kier alpha value is -1.12. The van der Waals surface area contributed by atoms with Crippen molar-refractivity contribution in [3.63, 3.8) is 0 Å². The smallest absolute Gasteiger partial charge is 0.209 e. The van der Waals surface area contributed by atoms with Crippen molar-refractivity contribution in [1.82, 2.24) is 5.32 Å². The maximum Gasteiger partial charge on any atom is 0.209 e. The predicted molar refractivity (Wildman–Crippen MR) is 30.0 cm³/mol. The lowest BCUT2D eigenvalue weighted by atomic mass is 10.7. The molecule has 0 unspecified atom stereocenters. The summed E-state index contributed by atoms with van der Waals surface area (Å²) in [7, 11) is 0. The molecule has 1 heterocycles. The van der Waals surface area contributed by atoms with Crippen molar-refractivity contribution in [2.24, 2.45) is 4.99 Å². The molecule has 3 heteroatoms. The van der Waals surface area contributed by atoms with Crippen molar-refractivity contribution in [3.05, 3.63) is 24.4 Å². The second kappa shape index (κ2) is 2.26. The molecule has 0 radical (unpaired) electrons. The van der Waals surface area contributed by atoms with E-state index in [1.54, 1.807) is 6.08 Å². The second-order valence-corrected chi connectivity index (χ2v) is 1.28. The zero-order valence-electron chi connectivity index (χ0n) is 4.13. The maximum absolute atomic E-state index is 12.0. The van der Waals surface area contributed by atoms with Gasteiger partial charge in [0.05, 0.1) is 6.20 Å². The van der Waals surface area contributed by atoms with Gasteiger partial charge >= 0.3 is 0 Å². The molecule has 1 N–H and O–H groups in total. The summed E-state index contributed by atoms with van der Waals surface area (Å²) in [5, 5.41) is 2.33. The Balaban J connectivity index is 2.69. The molecule has 1 rings (SSSR count). The molecule has 0 fully saturated rings. The van der Waals surface area contributed by atoms with Gasteiger partial charge in [0, 0.05) is 12.4 Å². The highest BCUT2D eigenvalue weighted by Gasteiger charge is 1.86. The number of nitrogens with zero attached hydrogens (tertiary/aromatic N) is 1. The summed E-state index contributed by atoms with van der Waals surface area (Å²) in [6, 6.07) is 0. The summed E-state index contributed by atoms with van der Waals surface area (Å²) in [5.74, 6) is -0.435. The first-order chi connectivity index (χ1) is 3.89. The van der Waals surface area contributed by atoms with Crippen LogP contribution in [0.3, 0.4) is 0 Å². The Labute approximate surface area is 46.4 Å². The highest BCUT2D eigenvalue weighted by atomic mass is 19.1. The van der Waals surface area contributed by atoms with Crippen LogP contribution < -0.4 is 5.32 Å². The molecule has 42 valence electrons. The van der Waals surface area contributed by atoms with Gasteiger partial charge in [-0.25, -0.2) is 0 Å². The van der Waals surface area contributed by atoms with Gasteiger partial charge in [0.2, 0.25) is 5.95 Å². The highest BCUT2D eigenvalue weighted by Crippen LogP contribution is 1.91. The largest absolute Gasteiger partial charge is 0.337 e. The number of aliphatic imine (C=N–C) groups is 1. The van der Waals surface area contributed by atoms with Crippen LogP contribution in [0.25, 0.3) is 0 Å². The van der Waals surface area contributed by atoms with Gasteiger partial charge < -0.3 is 5.32 Å². The molecular weight excluding hydrogens is 107 g/mol. The minimum atomic E-state index is -0.435. The lowest BCUT2D eigenvalue weighted by Gasteiger charge is -1.87. The Morgan fingerprint density at radius 2 is 2.50 bits per heavy atom. The van der Waals surface area contributed by atoms with Gasteiger partial charge in [-0.05, 0) is 6.08 Å². The van der Waals surface area contributed by atoms with Crippen LogP contribution in [0.5, 0.6) is 0 Å². The summed E-state index contributed by atoms with van der Waals surface area (Å²) in [5.41, 5.74) is 0. The van der Waals surface area contributed by atoms with E-state index in [4.69, 9.17) is 0 Å². The monoisotopic (exact) mass is 112 g/mol. The summed E-state index contributed by atoms with van der Waals surface area (Å²) < 4.78 is 12.0. The Morgan fingerprint density at radius 1 is 1.62 bits per heavy atom. The third-order valence-electron chi connectivity index (χ3n) is 0.677. The van der Waals surface area contributed by atoms with Gasteiger partial charge in [0.1, 0.15) is 0 Å². The molecule has 2 nitrogen and oxygen atoms in total. The standard InChI is InChI=1S/C5H5FN2/c6-5-4-7-2-1-3-8-5/h1-4,8H. The van der Waals surface area contributed by atoms with Gasteiger partial charge in [-0.1, -0.05) is 0 Å². The zero-order chi connectivity index (χ0) is 5.82. The van der Waals surface area contributed by atoms with E-state index in [9.17, 15) is 4.39 Å². The Morgan fingerprint density at radius 3 is 3.38 bits per heavy atom. The van der Waals surface area contributed by atoms with Gasteiger partial charge in [0.25, 0.3) is 0 Å². The third kappa shape index (κ3) is 1.18. The van der Waals surface area contributed by atoms with Crippen LogP contribution in [0.1, 0.15) is 0 Å². The van der Waals surface area contributed by atoms with Crippen LogP contribution in [0.4, 0.5) is 4.39 Å². The molecule has 0 aromatic heterocycles. The van der Waals surface area contributed by atoms with Crippen molar-refractivity contribution in [2.75, 3.05) is 0 Å². The van der Waals surface area contributed by atoms with Crippen LogP contribution in [0.15, 0.2) is 29.4 Å². The van der Waals surface area contributed by atoms with Crippen molar-refractivity contribution in [2.45, 2.75) is 0 Å². The van der Waals surface area contributed by atoms with E-state index >= 15 is 0 Å². The number of hydrogen-bond acceptors (Lipinski definition) is 2. The lowest BCUT2D eigenvalue weighted by Crippen LogP contribution is -1.96. The average molecular weight is 112 g/mol. The lowest BCUT2D eigenvalue weighted by molar-refractivity contribution is 0.584. The maximum atomic E-state index is 12.0. The second-order valence-electron chi connectivity index (χ2n) is 1.28. The van der Waals surface area contributed by atoms with Crippen LogP contribution in [-0.2, 0) is 0 Å². The minimum absolute atomic E-state index is 0.435. The van der Waals surface area contributed by atoms with E-state index in [2.05, 4.69) is 10.3 Å². The molecule has 0 atom stereocenters. The fourth-order valence-electron chi connectivity index (χ4n) is 0.366. The molecule has 0 aromatic carbocycles. The van der Waals surface area contributed by atoms with Gasteiger partial charge in [-0.15, -0.1) is 0 Å². The van der Waals surface area contributed by atoms with E-state index in [1.165, 1.54) is 12.4 Å². The summed E-state index contributed by atoms with van der Waals surface area (Å²) in [6.07, 6.45) is 5.70. The van der Waals surface area contributed by atoms with Crippen molar-refractivity contribution < 1.29 is 4.39 Å². The van der Waals surface area contributed by atoms with Crippen LogP contribution in [-0.4, -0.2) is 6.21 Å². The van der Waals surface area contributed by atoms with E-state index in [-0.39, 0.29) is 0 Å². The summed E-state index contributed by atoms with van der Waals surface area (Å²) in [6.45, 7) is 0. The van der Waals surface area contributed by atoms with E-state index in [0.29, 0.717) is 0 Å². The SMILES string of the molecule is FC1=CN=CC=CN1. The van der Waals surface area contributed by atoms with Gasteiger partial charge in [-0.2, -0.15) is 4.39 Å². The fraction of sp³-hybridized carbons (Fsp3) is 0. The molecule has 0 bridgehead atoms. The van der Waals surface area contributed by atoms with E-state index < -0.39 is 5.95 Å². The predicted octanol–water partition coefficient (Wildman–Crippen LogP) is 0.943. The van der Waals surface area contributed by atoms with Crippen molar-refractivity contribution >= 4 is 6.21 Å². The molecule has 8 heavy (non-hydrogen) atoms. The van der Waals surface area contributed by atoms with Crippen molar-refractivity contribution in [1.29, 1.82) is 0 Å². The van der Waals surface area contributed by atoms with Crippen LogP contribution in [0.2, 0.25) is 0 Å². The summed E-state index contributed by atoms with van der Waals surface area (Å²) in [4.78, 5) is 3.54. The van der Waals surface area contributed by atoms with Crippen LogP contribution >= 0.6 is 0 Å². The average Bonchev–Trinajstić information content (AvgIpc) is 1.94. The quantitative estimate of drug-likeness (QED) is 0.463. The minimum Gasteiger partial charge on any atom is -0.337 e. The van der Waals surface area contributed by atoms with E-state index in [0.717, 1.165) is 6.20 Å². The number of hydrogen-bond donors (Lipinski definition) is 1. The third-order valence-corrected chi connectivity index (χ3v) is 0.677. The number of halogens is 1.